The van der Waals surface area contributed by atoms with Crippen LogP contribution in [-0.4, -0.2) is 100 Å². The predicted octanol–water partition coefficient (Wildman–Crippen LogP) is 11.9. The topological polar surface area (TPSA) is 67.9 Å². The first-order valence-electron chi connectivity index (χ1n) is 23.5. The third-order valence-electron chi connectivity index (χ3n) is 11.8. The summed E-state index contributed by atoms with van der Waals surface area (Å²) in [6.07, 6.45) is 33.4. The highest BCUT2D eigenvalue weighted by molar-refractivity contribution is 6.34. The lowest BCUT2D eigenvalue weighted by Gasteiger charge is -2.23. The quantitative estimate of drug-likeness (QED) is 0.0875. The van der Waals surface area contributed by atoms with Crippen molar-refractivity contribution in [2.45, 2.75) is 84.0 Å². The van der Waals surface area contributed by atoms with E-state index in [-0.39, 0.29) is 0 Å². The van der Waals surface area contributed by atoms with Crippen molar-refractivity contribution >= 4 is 34.0 Å². The summed E-state index contributed by atoms with van der Waals surface area (Å²) >= 11 is 0. The molecule has 5 aliphatic rings. The fourth-order valence-corrected chi connectivity index (χ4v) is 8.48. The molecular weight excluding hydrogens is 777 g/mol. The van der Waals surface area contributed by atoms with Crippen molar-refractivity contribution in [1.82, 2.24) is 0 Å². The summed E-state index contributed by atoms with van der Waals surface area (Å²) in [7, 11) is 13.3. The Balaban J connectivity index is 1.26. The van der Waals surface area contributed by atoms with Gasteiger partial charge in [0.15, 0.2) is 0 Å². The van der Waals surface area contributed by atoms with Gasteiger partial charge in [0, 0.05) is 29.6 Å². The number of allylic oxidation sites excluding steroid dienone is 12. The van der Waals surface area contributed by atoms with Gasteiger partial charge in [-0.3, -0.25) is 0 Å². The molecule has 0 saturated heterocycles. The number of rotatable bonds is 22. The van der Waals surface area contributed by atoms with E-state index in [1.54, 1.807) is 0 Å². The smallest absolute Gasteiger partial charge is 0.119 e. The van der Waals surface area contributed by atoms with E-state index in [9.17, 15) is 0 Å². The number of hydrogen-bond donors (Lipinski definition) is 0. The summed E-state index contributed by atoms with van der Waals surface area (Å²) in [6.45, 7) is 5.70. The first-order chi connectivity index (χ1) is 30.4. The zero-order valence-corrected chi connectivity index (χ0v) is 39.1. The summed E-state index contributed by atoms with van der Waals surface area (Å²) in [5.41, 5.74) is 12.3. The van der Waals surface area contributed by atoms with Gasteiger partial charge in [-0.15, -0.1) is 0 Å². The Labute approximate surface area is 377 Å². The van der Waals surface area contributed by atoms with Crippen molar-refractivity contribution in [3.8, 4) is 11.5 Å². The molecule has 2 aromatic rings. The van der Waals surface area contributed by atoms with Crippen molar-refractivity contribution in [2.75, 3.05) is 68.6 Å². The van der Waals surface area contributed by atoms with E-state index in [1.807, 2.05) is 12.1 Å². The number of nitrogens with zero attached hydrogens (tertiary/aromatic N) is 6. The molecule has 0 spiro atoms. The van der Waals surface area contributed by atoms with E-state index < -0.39 is 0 Å². The Morgan fingerprint density at radius 1 is 0.476 bits per heavy atom. The number of hydrogen-bond acceptors (Lipinski definition) is 6. The molecule has 0 amide bonds. The molecule has 5 aliphatic heterocycles. The second-order valence-electron chi connectivity index (χ2n) is 19.4. The van der Waals surface area contributed by atoms with Crippen LogP contribution in [0, 0.1) is 0 Å². The van der Waals surface area contributed by atoms with E-state index >= 15 is 0 Å². The maximum absolute atomic E-state index is 6.32. The van der Waals surface area contributed by atoms with Gasteiger partial charge in [-0.25, -0.2) is 20.0 Å². The zero-order valence-electron chi connectivity index (χ0n) is 39.1. The standard InChI is InChI=1S/C55H70N6O2/c1-8-9-10-11-12-13-14-15-16-25-47-48-30-32-52(58-48)54(41-21-17-23-45(38-41)62-36-19-34-60(2,3)4)50-28-26-43(56-50)40-44-27-29-51(57-44)55(53-33-31-49(47)59-53)42-22-18-24-46(39-42)63-37-20-35-61(5,6)7/h17-18,21-24,26-33,38-40H,8-16,19-20,25,34-37H2,1-7H3/q+2. The molecular formula is C55H70N6O2+2. The average molecular weight is 847 g/mol. The Kier molecular flexibility index (Phi) is 15.4. The normalized spacial score (nSPS) is 16.9. The van der Waals surface area contributed by atoms with Gasteiger partial charge in [0.1, 0.15) is 11.5 Å². The Morgan fingerprint density at radius 2 is 0.984 bits per heavy atom. The SMILES string of the molecule is CCCCCCCCCCCC1=C2C=CC(=N2)C(c2cccc(OCCC[N+](C)(C)C)c2)=C2C=CC(=N2)C=C2C=CC(=N2)C(c2cccc(OCCC[N+](C)(C)C)c2)=C2C=CC1=N2. The van der Waals surface area contributed by atoms with Gasteiger partial charge < -0.3 is 18.4 Å². The molecule has 330 valence electrons. The minimum atomic E-state index is 0.663. The molecule has 0 radical (unpaired) electrons. The van der Waals surface area contributed by atoms with Crippen LogP contribution in [0.3, 0.4) is 0 Å². The fourth-order valence-electron chi connectivity index (χ4n) is 8.48. The van der Waals surface area contributed by atoms with Crippen molar-refractivity contribution in [1.29, 1.82) is 0 Å². The number of benzene rings is 2. The average Bonchev–Trinajstić information content (AvgIpc) is 4.09. The van der Waals surface area contributed by atoms with Gasteiger partial charge in [0.25, 0.3) is 0 Å². The van der Waals surface area contributed by atoms with Crippen LogP contribution >= 0.6 is 0 Å². The molecule has 0 aromatic heterocycles. The lowest BCUT2D eigenvalue weighted by molar-refractivity contribution is -0.870. The van der Waals surface area contributed by atoms with E-state index in [0.717, 1.165) is 127 Å². The molecule has 0 unspecified atom stereocenters. The van der Waals surface area contributed by atoms with Crippen molar-refractivity contribution in [2.24, 2.45) is 20.0 Å². The monoisotopic (exact) mass is 847 g/mol. The minimum absolute atomic E-state index is 0.663. The van der Waals surface area contributed by atoms with E-state index in [1.165, 1.54) is 56.9 Å². The summed E-state index contributed by atoms with van der Waals surface area (Å²) in [5, 5.41) is 0. The Morgan fingerprint density at radius 3 is 1.60 bits per heavy atom. The molecule has 7 rings (SSSR count). The van der Waals surface area contributed by atoms with E-state index in [4.69, 9.17) is 29.4 Å². The van der Waals surface area contributed by atoms with Crippen LogP contribution in [0.2, 0.25) is 0 Å². The predicted molar refractivity (Wildman–Crippen MR) is 266 cm³/mol. The highest BCUT2D eigenvalue weighted by Gasteiger charge is 2.25. The highest BCUT2D eigenvalue weighted by Crippen LogP contribution is 2.36. The molecule has 8 bridgehead atoms. The number of ether oxygens (including phenoxy) is 2. The molecule has 8 heteroatoms. The van der Waals surface area contributed by atoms with Crippen LogP contribution in [-0.2, 0) is 0 Å². The Bertz CT molecular complexity index is 2310. The maximum Gasteiger partial charge on any atom is 0.119 e. The minimum Gasteiger partial charge on any atom is -0.493 e. The van der Waals surface area contributed by atoms with Crippen LogP contribution in [0.15, 0.2) is 152 Å². The third kappa shape index (κ3) is 13.1. The molecule has 0 atom stereocenters. The third-order valence-corrected chi connectivity index (χ3v) is 11.8. The summed E-state index contributed by atoms with van der Waals surface area (Å²) < 4.78 is 14.5. The molecule has 0 fully saturated rings. The summed E-state index contributed by atoms with van der Waals surface area (Å²) in [4.78, 5) is 21.3. The number of unbranched alkanes of at least 4 members (excludes halogenated alkanes) is 8. The van der Waals surface area contributed by atoms with Crippen molar-refractivity contribution < 1.29 is 18.4 Å². The van der Waals surface area contributed by atoms with Crippen molar-refractivity contribution in [3.05, 3.63) is 143 Å². The largest absolute Gasteiger partial charge is 0.493 e. The second-order valence-corrected chi connectivity index (χ2v) is 19.4. The van der Waals surface area contributed by atoms with Gasteiger partial charge in [-0.2, -0.15) is 0 Å². The van der Waals surface area contributed by atoms with Crippen LogP contribution < -0.4 is 9.47 Å². The first kappa shape index (κ1) is 45.6. The molecule has 2 aromatic carbocycles. The van der Waals surface area contributed by atoms with Crippen LogP contribution in [0.5, 0.6) is 11.5 Å². The van der Waals surface area contributed by atoms with Gasteiger partial charge >= 0.3 is 0 Å². The maximum atomic E-state index is 6.32. The lowest BCUT2D eigenvalue weighted by atomic mass is 9.98. The molecule has 0 N–H and O–H groups in total. The Hall–Kier alpha value is -5.44. The van der Waals surface area contributed by atoms with Crippen LogP contribution in [0.1, 0.15) is 95.1 Å². The molecule has 8 nitrogen and oxygen atoms in total. The molecule has 0 aliphatic carbocycles. The zero-order chi connectivity index (χ0) is 44.2. The highest BCUT2D eigenvalue weighted by atomic mass is 16.5. The van der Waals surface area contributed by atoms with Crippen molar-refractivity contribution in [3.63, 3.8) is 0 Å². The van der Waals surface area contributed by atoms with Crippen LogP contribution in [0.4, 0.5) is 0 Å². The van der Waals surface area contributed by atoms with Gasteiger partial charge in [0.05, 0.1) is 114 Å². The lowest BCUT2D eigenvalue weighted by Crippen LogP contribution is -2.36. The molecule has 0 saturated carbocycles. The summed E-state index contributed by atoms with van der Waals surface area (Å²) in [6, 6.07) is 16.8. The number of fused-ring (bicyclic) bond motifs is 4. The second kappa shape index (κ2) is 21.3. The first-order valence-corrected chi connectivity index (χ1v) is 23.5. The molecule has 63 heavy (non-hydrogen) atoms. The van der Waals surface area contributed by atoms with Crippen LogP contribution in [0.25, 0.3) is 11.1 Å². The summed E-state index contributed by atoms with van der Waals surface area (Å²) in [5.74, 6) is 1.70. The van der Waals surface area contributed by atoms with Gasteiger partial charge in [-0.1, -0.05) is 82.6 Å². The van der Waals surface area contributed by atoms with E-state index in [2.05, 4.69) is 140 Å². The molecule has 5 heterocycles. The van der Waals surface area contributed by atoms with Gasteiger partial charge in [-0.05, 0) is 103 Å². The number of aliphatic imine (C=N–C) groups is 4. The van der Waals surface area contributed by atoms with Gasteiger partial charge in [0.2, 0.25) is 0 Å². The number of quaternary nitrogens is 2. The fraction of sp³-hybridized carbons (Fsp3) is 0.418. The van der Waals surface area contributed by atoms with E-state index in [0.29, 0.717) is 13.2 Å².